The Morgan fingerprint density at radius 3 is 2.55 bits per heavy atom. The highest BCUT2D eigenvalue weighted by molar-refractivity contribution is 14.0. The van der Waals surface area contributed by atoms with Gasteiger partial charge >= 0.3 is 0 Å². The average Bonchev–Trinajstić information content (AvgIpc) is 2.77. The highest BCUT2D eigenvalue weighted by Crippen LogP contribution is 2.36. The van der Waals surface area contributed by atoms with Crippen molar-refractivity contribution in [1.82, 2.24) is 4.90 Å². The zero-order valence-electron chi connectivity index (χ0n) is 13.2. The van der Waals surface area contributed by atoms with Gasteiger partial charge in [0.1, 0.15) is 6.10 Å². The van der Waals surface area contributed by atoms with Crippen LogP contribution in [-0.4, -0.2) is 60.5 Å². The third kappa shape index (κ3) is 4.88. The minimum absolute atomic E-state index is 0. The smallest absolute Gasteiger partial charge is 0.191 e. The summed E-state index contributed by atoms with van der Waals surface area (Å²) in [6.07, 6.45) is 7.17. The first-order valence-corrected chi connectivity index (χ1v) is 9.37. The first-order chi connectivity index (χ1) is 10.3. The molecule has 1 atom stereocenters. The molecule has 3 rings (SSSR count). The number of aliphatic imine (C=N–C) groups is 1. The number of rotatable bonds is 2. The van der Waals surface area contributed by atoms with Crippen molar-refractivity contribution in [2.45, 2.75) is 50.4 Å². The maximum absolute atomic E-state index is 6.20. The summed E-state index contributed by atoms with van der Waals surface area (Å²) >= 11 is 1.98. The number of hydrogen-bond donors (Lipinski definition) is 1. The van der Waals surface area contributed by atoms with Gasteiger partial charge in [-0.1, -0.05) is 12.8 Å². The minimum atomic E-state index is -0.312. The summed E-state index contributed by atoms with van der Waals surface area (Å²) in [7, 11) is 0. The third-order valence-corrected chi connectivity index (χ3v) is 5.51. The van der Waals surface area contributed by atoms with E-state index in [-0.39, 0.29) is 35.9 Å². The Bertz CT molecular complexity index is 370. The van der Waals surface area contributed by atoms with Crippen LogP contribution in [0.2, 0.25) is 0 Å². The lowest BCUT2D eigenvalue weighted by molar-refractivity contribution is -0.174. The van der Waals surface area contributed by atoms with Crippen molar-refractivity contribution in [3.63, 3.8) is 0 Å². The molecule has 5 nitrogen and oxygen atoms in total. The van der Waals surface area contributed by atoms with Crippen molar-refractivity contribution in [2.24, 2.45) is 10.7 Å². The second-order valence-corrected chi connectivity index (χ2v) is 7.40. The second kappa shape index (κ2) is 8.94. The van der Waals surface area contributed by atoms with Gasteiger partial charge in [-0.3, -0.25) is 4.99 Å². The van der Waals surface area contributed by atoms with E-state index in [4.69, 9.17) is 15.2 Å². The molecule has 0 radical (unpaired) electrons. The molecule has 2 N–H and O–H groups in total. The van der Waals surface area contributed by atoms with Crippen LogP contribution < -0.4 is 5.73 Å². The van der Waals surface area contributed by atoms with Gasteiger partial charge in [0.05, 0.1) is 13.2 Å². The number of hydrogen-bond acceptors (Lipinski definition) is 4. The fourth-order valence-corrected chi connectivity index (χ4v) is 4.23. The van der Waals surface area contributed by atoms with Crippen LogP contribution in [0.15, 0.2) is 4.99 Å². The molecular formula is C15H28IN3O2S. The highest BCUT2D eigenvalue weighted by atomic mass is 127. The summed E-state index contributed by atoms with van der Waals surface area (Å²) in [6.45, 7) is 3.29. The van der Waals surface area contributed by atoms with Crippen LogP contribution in [0.3, 0.4) is 0 Å². The Hall–Kier alpha value is 0.270. The zero-order chi connectivity index (χ0) is 14.5. The summed E-state index contributed by atoms with van der Waals surface area (Å²) in [5.41, 5.74) is 6.09. The highest BCUT2D eigenvalue weighted by Gasteiger charge is 2.41. The molecule has 1 aliphatic carbocycles. The van der Waals surface area contributed by atoms with E-state index in [0.29, 0.717) is 19.1 Å². The molecule has 1 saturated carbocycles. The molecule has 2 heterocycles. The van der Waals surface area contributed by atoms with Crippen molar-refractivity contribution in [3.8, 4) is 0 Å². The summed E-state index contributed by atoms with van der Waals surface area (Å²) in [4.78, 5) is 6.71. The largest absolute Gasteiger partial charge is 0.370 e. The van der Waals surface area contributed by atoms with Gasteiger partial charge in [-0.25, -0.2) is 0 Å². The van der Waals surface area contributed by atoms with Crippen LogP contribution in [0.5, 0.6) is 0 Å². The first kappa shape index (κ1) is 18.6. The van der Waals surface area contributed by atoms with Gasteiger partial charge in [0.25, 0.3) is 0 Å². The monoisotopic (exact) mass is 441 g/mol. The van der Waals surface area contributed by atoms with Crippen molar-refractivity contribution >= 4 is 41.7 Å². The van der Waals surface area contributed by atoms with Crippen molar-refractivity contribution in [3.05, 3.63) is 0 Å². The predicted octanol–water partition coefficient (Wildman–Crippen LogP) is 2.43. The molecular weight excluding hydrogens is 413 g/mol. The fraction of sp³-hybridized carbons (Fsp3) is 0.933. The van der Waals surface area contributed by atoms with Crippen LogP contribution in [0.25, 0.3) is 0 Å². The third-order valence-electron chi connectivity index (χ3n) is 4.57. The van der Waals surface area contributed by atoms with Crippen molar-refractivity contribution < 1.29 is 9.47 Å². The molecule has 128 valence electrons. The van der Waals surface area contributed by atoms with Gasteiger partial charge in [-0.2, -0.15) is 11.8 Å². The van der Waals surface area contributed by atoms with Gasteiger partial charge < -0.3 is 20.1 Å². The van der Waals surface area contributed by atoms with Crippen LogP contribution in [-0.2, 0) is 9.47 Å². The minimum Gasteiger partial charge on any atom is -0.370 e. The number of nitrogens with zero attached hydrogens (tertiary/aromatic N) is 2. The van der Waals surface area contributed by atoms with Gasteiger partial charge in [0.2, 0.25) is 0 Å². The van der Waals surface area contributed by atoms with Crippen LogP contribution >= 0.6 is 35.7 Å². The zero-order valence-corrected chi connectivity index (χ0v) is 16.3. The van der Waals surface area contributed by atoms with E-state index in [1.54, 1.807) is 0 Å². The molecule has 1 spiro atoms. The maximum atomic E-state index is 6.20. The van der Waals surface area contributed by atoms with E-state index < -0.39 is 0 Å². The van der Waals surface area contributed by atoms with Crippen molar-refractivity contribution in [1.29, 1.82) is 0 Å². The lowest BCUT2D eigenvalue weighted by atomic mass is 10.1. The van der Waals surface area contributed by atoms with E-state index in [2.05, 4.69) is 9.89 Å². The molecule has 0 aromatic heterocycles. The van der Waals surface area contributed by atoms with E-state index in [1.807, 2.05) is 11.8 Å². The lowest BCUT2D eigenvalue weighted by Crippen LogP contribution is -2.43. The molecule has 2 saturated heterocycles. The van der Waals surface area contributed by atoms with E-state index in [9.17, 15) is 0 Å². The lowest BCUT2D eigenvalue weighted by Gasteiger charge is -2.28. The van der Waals surface area contributed by atoms with Crippen LogP contribution in [0.1, 0.15) is 38.5 Å². The Balaban J connectivity index is 0.00000176. The van der Waals surface area contributed by atoms with Gasteiger partial charge in [0, 0.05) is 37.4 Å². The Morgan fingerprint density at radius 1 is 1.18 bits per heavy atom. The summed E-state index contributed by atoms with van der Waals surface area (Å²) in [5, 5.41) is 0. The Labute approximate surface area is 154 Å². The number of ether oxygens (including phenoxy) is 2. The number of guanidine groups is 1. The van der Waals surface area contributed by atoms with Gasteiger partial charge in [-0.05, 0) is 12.8 Å². The topological polar surface area (TPSA) is 60.1 Å². The number of halogens is 1. The van der Waals surface area contributed by atoms with Gasteiger partial charge in [0.15, 0.2) is 11.7 Å². The summed E-state index contributed by atoms with van der Waals surface area (Å²) in [6, 6.07) is 0. The molecule has 22 heavy (non-hydrogen) atoms. The quantitative estimate of drug-likeness (QED) is 0.405. The average molecular weight is 441 g/mol. The Morgan fingerprint density at radius 2 is 1.86 bits per heavy atom. The molecule has 7 heteroatoms. The van der Waals surface area contributed by atoms with Crippen molar-refractivity contribution in [2.75, 3.05) is 37.7 Å². The summed E-state index contributed by atoms with van der Waals surface area (Å²) < 4.78 is 12.2. The normalized spacial score (nSPS) is 29.2. The fourth-order valence-electron chi connectivity index (χ4n) is 3.32. The molecule has 2 aliphatic heterocycles. The SMILES string of the molecule is I.NC(=NCC1COC2(CCCCCC2)O1)N1CCSCC1. The second-order valence-electron chi connectivity index (χ2n) is 6.17. The Kier molecular flexibility index (Phi) is 7.56. The molecule has 3 fully saturated rings. The standard InChI is InChI=1S/C15H27N3O2S.HI/c16-14(18-7-9-21-10-8-18)17-11-13-12-19-15(20-13)5-3-1-2-4-6-15;/h13H,1-12H2,(H2,16,17);1H. The number of thioether (sulfide) groups is 1. The van der Waals surface area contributed by atoms with E-state index in [1.165, 1.54) is 25.7 Å². The molecule has 0 aromatic rings. The predicted molar refractivity (Wildman–Crippen MR) is 102 cm³/mol. The van der Waals surface area contributed by atoms with Crippen LogP contribution in [0, 0.1) is 0 Å². The molecule has 1 unspecified atom stereocenters. The molecule has 0 bridgehead atoms. The van der Waals surface area contributed by atoms with Gasteiger partial charge in [-0.15, -0.1) is 24.0 Å². The number of nitrogens with two attached hydrogens (primary N) is 1. The van der Waals surface area contributed by atoms with E-state index in [0.717, 1.165) is 37.4 Å². The van der Waals surface area contributed by atoms with Crippen LogP contribution in [0.4, 0.5) is 0 Å². The molecule has 3 aliphatic rings. The maximum Gasteiger partial charge on any atom is 0.191 e. The molecule has 0 aromatic carbocycles. The van der Waals surface area contributed by atoms with E-state index >= 15 is 0 Å². The summed E-state index contributed by atoms with van der Waals surface area (Å²) in [5.74, 6) is 2.64. The molecule has 0 amide bonds. The first-order valence-electron chi connectivity index (χ1n) is 8.22.